The quantitative estimate of drug-likeness (QED) is 0.0577. The molecule has 1 fully saturated rings. The third-order valence-corrected chi connectivity index (χ3v) is 8.49. The van der Waals surface area contributed by atoms with Crippen LogP contribution in [0.1, 0.15) is 162 Å². The smallest absolute Gasteiger partial charge is 0.308 e. The van der Waals surface area contributed by atoms with Crippen molar-refractivity contribution in [3.05, 3.63) is 0 Å². The van der Waals surface area contributed by atoms with E-state index in [1.165, 1.54) is 77.0 Å². The average molecular weight is 617 g/mol. The normalized spacial score (nSPS) is 23.6. The molecular weight excluding hydrogens is 552 g/mol. The van der Waals surface area contributed by atoms with Crippen molar-refractivity contribution < 1.29 is 44.2 Å². The molecule has 254 valence electrons. The molecule has 9 nitrogen and oxygen atoms in total. The molecule has 0 amide bonds. The molecular formula is C34H64O9. The van der Waals surface area contributed by atoms with Gasteiger partial charge in [-0.2, -0.15) is 0 Å². The molecule has 43 heavy (non-hydrogen) atoms. The summed E-state index contributed by atoms with van der Waals surface area (Å²) in [6, 6.07) is 0. The number of esters is 1. The fourth-order valence-electron chi connectivity index (χ4n) is 5.72. The number of rotatable bonds is 27. The van der Waals surface area contributed by atoms with Gasteiger partial charge in [-0.1, -0.05) is 123 Å². The highest BCUT2D eigenvalue weighted by atomic mass is 16.7. The summed E-state index contributed by atoms with van der Waals surface area (Å²) in [5.74, 6) is -1.54. The summed E-state index contributed by atoms with van der Waals surface area (Å²) in [6.07, 6.45) is 13.9. The van der Waals surface area contributed by atoms with Gasteiger partial charge in [0.15, 0.2) is 6.29 Å². The molecule has 0 aliphatic carbocycles. The number of aliphatic carboxylic acids is 1. The molecule has 0 spiro atoms. The molecule has 0 saturated carbocycles. The van der Waals surface area contributed by atoms with Crippen LogP contribution >= 0.6 is 0 Å². The zero-order valence-electron chi connectivity index (χ0n) is 27.4. The molecule has 4 unspecified atom stereocenters. The molecule has 1 heterocycles. The van der Waals surface area contributed by atoms with Crippen molar-refractivity contribution in [2.24, 2.45) is 0 Å². The highest BCUT2D eigenvalue weighted by Gasteiger charge is 2.43. The first-order valence-corrected chi connectivity index (χ1v) is 17.5. The van der Waals surface area contributed by atoms with Gasteiger partial charge in [0, 0.05) is 0 Å². The van der Waals surface area contributed by atoms with E-state index < -0.39 is 54.9 Å². The molecule has 0 aromatic carbocycles. The second kappa shape index (κ2) is 25.0. The van der Waals surface area contributed by atoms with Crippen molar-refractivity contribution in [2.45, 2.75) is 205 Å². The van der Waals surface area contributed by atoms with Crippen LogP contribution in [0.3, 0.4) is 0 Å². The second-order valence-electron chi connectivity index (χ2n) is 12.6. The van der Waals surface area contributed by atoms with E-state index in [1.54, 1.807) is 6.92 Å². The Hall–Kier alpha value is -1.26. The van der Waals surface area contributed by atoms with E-state index >= 15 is 0 Å². The van der Waals surface area contributed by atoms with Gasteiger partial charge in [0.1, 0.15) is 24.4 Å². The molecule has 1 aliphatic heterocycles. The van der Waals surface area contributed by atoms with Crippen molar-refractivity contribution in [3.63, 3.8) is 0 Å². The minimum Gasteiger partial charge on any atom is -0.481 e. The van der Waals surface area contributed by atoms with Crippen LogP contribution in [0, 0.1) is 0 Å². The molecule has 0 bridgehead atoms. The summed E-state index contributed by atoms with van der Waals surface area (Å²) >= 11 is 0. The highest BCUT2D eigenvalue weighted by Crippen LogP contribution is 2.26. The Morgan fingerprint density at radius 2 is 1.07 bits per heavy atom. The van der Waals surface area contributed by atoms with Gasteiger partial charge in [-0.05, 0) is 26.2 Å². The van der Waals surface area contributed by atoms with Gasteiger partial charge >= 0.3 is 11.9 Å². The van der Waals surface area contributed by atoms with Gasteiger partial charge in [0.2, 0.25) is 0 Å². The number of carbonyl (C=O) groups is 2. The summed E-state index contributed by atoms with van der Waals surface area (Å²) in [7, 11) is 0. The highest BCUT2D eigenvalue weighted by molar-refractivity contribution is 5.72. The Labute approximate surface area is 261 Å². The first-order valence-electron chi connectivity index (χ1n) is 17.5. The standard InChI is InChI=1S/C34H64O9/c1-4-6-8-10-12-14-16-18-20-22-27(24-29(35)36)42-30(37)25-28(23-21-19-17-15-13-11-9-7-5-2)43-34-33(40)32(39)31(38)26(3)41-34/h26-28,31-34,38-40H,4-25H2,1-3H3,(H,35,36)/t26?,27?,28?,31-,32-,33?,34-/m0/s1. The van der Waals surface area contributed by atoms with E-state index in [0.29, 0.717) is 12.8 Å². The third kappa shape index (κ3) is 19.0. The zero-order chi connectivity index (χ0) is 31.9. The minimum absolute atomic E-state index is 0.107. The van der Waals surface area contributed by atoms with Crippen LogP contribution in [0.2, 0.25) is 0 Å². The summed E-state index contributed by atoms with van der Waals surface area (Å²) in [5, 5.41) is 40.1. The number of aliphatic hydroxyl groups excluding tert-OH is 3. The largest absolute Gasteiger partial charge is 0.481 e. The number of aliphatic hydroxyl groups is 3. The SMILES string of the molecule is CCCCCCCCCCCC(CC(=O)O)OC(=O)CC(CCCCCCCCCCC)O[C@@H]1OC(C)[C@H](O)[C@H](O)C1O. The van der Waals surface area contributed by atoms with Crippen LogP contribution in [-0.4, -0.2) is 75.3 Å². The van der Waals surface area contributed by atoms with Gasteiger partial charge < -0.3 is 34.6 Å². The number of hydrogen-bond donors (Lipinski definition) is 4. The number of carboxylic acids is 1. The van der Waals surface area contributed by atoms with Gasteiger partial charge in [-0.3, -0.25) is 9.59 Å². The molecule has 9 heteroatoms. The van der Waals surface area contributed by atoms with Gasteiger partial charge in [-0.25, -0.2) is 0 Å². The van der Waals surface area contributed by atoms with E-state index in [1.807, 2.05) is 0 Å². The molecule has 1 saturated heterocycles. The lowest BCUT2D eigenvalue weighted by Gasteiger charge is -2.40. The zero-order valence-corrected chi connectivity index (χ0v) is 27.4. The Morgan fingerprint density at radius 1 is 0.628 bits per heavy atom. The van der Waals surface area contributed by atoms with Crippen LogP contribution in [0.5, 0.6) is 0 Å². The molecule has 1 rings (SSSR count). The lowest BCUT2D eigenvalue weighted by atomic mass is 9.99. The van der Waals surface area contributed by atoms with Crippen molar-refractivity contribution in [3.8, 4) is 0 Å². The maximum atomic E-state index is 13.0. The predicted octanol–water partition coefficient (Wildman–Crippen LogP) is 6.82. The van der Waals surface area contributed by atoms with E-state index in [0.717, 1.165) is 38.5 Å². The first kappa shape index (κ1) is 39.8. The maximum absolute atomic E-state index is 13.0. The Balaban J connectivity index is 2.61. The predicted molar refractivity (Wildman–Crippen MR) is 168 cm³/mol. The number of ether oxygens (including phenoxy) is 3. The lowest BCUT2D eigenvalue weighted by Crippen LogP contribution is -2.58. The van der Waals surface area contributed by atoms with E-state index in [4.69, 9.17) is 14.2 Å². The molecule has 1 aliphatic rings. The van der Waals surface area contributed by atoms with Crippen LogP contribution in [0.4, 0.5) is 0 Å². The van der Waals surface area contributed by atoms with Crippen molar-refractivity contribution in [1.82, 2.24) is 0 Å². The van der Waals surface area contributed by atoms with Crippen LogP contribution in [-0.2, 0) is 23.8 Å². The Morgan fingerprint density at radius 3 is 1.53 bits per heavy atom. The molecule has 4 N–H and O–H groups in total. The molecule has 0 aromatic heterocycles. The topological polar surface area (TPSA) is 143 Å². The second-order valence-corrected chi connectivity index (χ2v) is 12.6. The van der Waals surface area contributed by atoms with E-state index in [2.05, 4.69) is 13.8 Å². The Kier molecular flexibility index (Phi) is 23.1. The number of carboxylic acid groups (broad SMARTS) is 1. The van der Waals surface area contributed by atoms with Gasteiger partial charge in [0.25, 0.3) is 0 Å². The van der Waals surface area contributed by atoms with E-state index in [-0.39, 0.29) is 12.8 Å². The van der Waals surface area contributed by atoms with Crippen molar-refractivity contribution >= 4 is 11.9 Å². The number of carbonyl (C=O) groups excluding carboxylic acids is 1. The summed E-state index contributed by atoms with van der Waals surface area (Å²) < 4.78 is 17.3. The number of unbranched alkanes of at least 4 members (excludes halogenated alkanes) is 16. The van der Waals surface area contributed by atoms with Crippen molar-refractivity contribution in [1.29, 1.82) is 0 Å². The maximum Gasteiger partial charge on any atom is 0.308 e. The Bertz CT molecular complexity index is 703. The van der Waals surface area contributed by atoms with Gasteiger partial charge in [0.05, 0.1) is 25.0 Å². The summed E-state index contributed by atoms with van der Waals surface area (Å²) in [5.41, 5.74) is 0. The van der Waals surface area contributed by atoms with Crippen LogP contribution < -0.4 is 0 Å². The summed E-state index contributed by atoms with van der Waals surface area (Å²) in [4.78, 5) is 24.4. The number of hydrogen-bond acceptors (Lipinski definition) is 8. The van der Waals surface area contributed by atoms with E-state index in [9.17, 15) is 30.0 Å². The fraction of sp³-hybridized carbons (Fsp3) is 0.941. The third-order valence-electron chi connectivity index (χ3n) is 8.49. The van der Waals surface area contributed by atoms with Crippen molar-refractivity contribution in [2.75, 3.05) is 0 Å². The van der Waals surface area contributed by atoms with Crippen LogP contribution in [0.15, 0.2) is 0 Å². The van der Waals surface area contributed by atoms with Gasteiger partial charge in [-0.15, -0.1) is 0 Å². The summed E-state index contributed by atoms with van der Waals surface area (Å²) in [6.45, 7) is 6.00. The molecule has 7 atom stereocenters. The average Bonchev–Trinajstić information content (AvgIpc) is 2.96. The molecule has 0 aromatic rings. The minimum atomic E-state index is -1.46. The fourth-order valence-corrected chi connectivity index (χ4v) is 5.72. The lowest BCUT2D eigenvalue weighted by molar-refractivity contribution is -0.304. The monoisotopic (exact) mass is 616 g/mol. The first-order chi connectivity index (χ1) is 20.7. The van der Waals surface area contributed by atoms with Crippen LogP contribution in [0.25, 0.3) is 0 Å². The molecule has 0 radical (unpaired) electrons.